The lowest BCUT2D eigenvalue weighted by Crippen LogP contribution is -2.12. The highest BCUT2D eigenvalue weighted by Crippen LogP contribution is 2.32. The molecule has 0 aliphatic rings. The van der Waals surface area contributed by atoms with Crippen LogP contribution in [0, 0.1) is 0 Å². The molecule has 1 atom stereocenters. The number of hydrogen-bond acceptors (Lipinski definition) is 2. The van der Waals surface area contributed by atoms with Crippen LogP contribution in [0.15, 0.2) is 59.6 Å². The number of alkyl halides is 1. The Bertz CT molecular complexity index is 951. The predicted molar refractivity (Wildman–Crippen MR) is 88.8 cm³/mol. The fourth-order valence-electron chi connectivity index (χ4n) is 2.33. The summed E-state index contributed by atoms with van der Waals surface area (Å²) in [5, 5.41) is 6.46. The number of benzene rings is 2. The van der Waals surface area contributed by atoms with Crippen LogP contribution in [0.1, 0.15) is 11.1 Å². The second-order valence-electron chi connectivity index (χ2n) is 4.85. The van der Waals surface area contributed by atoms with Gasteiger partial charge in [0, 0.05) is 27.7 Å². The average molecular weight is 355 g/mol. The maximum Gasteiger partial charge on any atom is 0.238 e. The van der Waals surface area contributed by atoms with Crippen LogP contribution < -0.4 is 5.14 Å². The largest absolute Gasteiger partial charge is 0.326 e. The van der Waals surface area contributed by atoms with Crippen molar-refractivity contribution in [2.45, 2.75) is 10.4 Å². The summed E-state index contributed by atoms with van der Waals surface area (Å²) >= 11 is 12.7. The van der Waals surface area contributed by atoms with Gasteiger partial charge in [-0.25, -0.2) is 13.6 Å². The second-order valence-corrected chi connectivity index (χ2v) is 7.23. The van der Waals surface area contributed by atoms with E-state index in [9.17, 15) is 8.42 Å². The van der Waals surface area contributed by atoms with Gasteiger partial charge in [0.25, 0.3) is 0 Å². The zero-order valence-corrected chi connectivity index (χ0v) is 13.6. The fourth-order valence-corrected chi connectivity index (χ4v) is 3.54. The summed E-state index contributed by atoms with van der Waals surface area (Å²) in [4.78, 5) is 0.0709. The van der Waals surface area contributed by atoms with E-state index in [1.54, 1.807) is 24.4 Å². The van der Waals surface area contributed by atoms with Gasteiger partial charge in [0.2, 0.25) is 10.0 Å². The van der Waals surface area contributed by atoms with Crippen LogP contribution in [0.2, 0.25) is 5.02 Å². The molecule has 0 aliphatic heterocycles. The van der Waals surface area contributed by atoms with Gasteiger partial charge < -0.3 is 4.57 Å². The van der Waals surface area contributed by atoms with Crippen LogP contribution in [0.25, 0.3) is 10.9 Å². The molecule has 1 aromatic heterocycles. The predicted octanol–water partition coefficient (Wildman–Crippen LogP) is 3.73. The zero-order valence-electron chi connectivity index (χ0n) is 11.3. The first kappa shape index (κ1) is 15.4. The molecule has 0 amide bonds. The van der Waals surface area contributed by atoms with Gasteiger partial charge in [-0.1, -0.05) is 41.4 Å². The van der Waals surface area contributed by atoms with Crippen molar-refractivity contribution in [3.8, 4) is 0 Å². The van der Waals surface area contributed by atoms with E-state index in [1.807, 2.05) is 22.8 Å². The number of sulfonamides is 1. The Hall–Kier alpha value is -1.53. The average Bonchev–Trinajstić information content (AvgIpc) is 2.89. The number of halogens is 2. The summed E-state index contributed by atoms with van der Waals surface area (Å²) in [5.74, 6) is 0. The van der Waals surface area contributed by atoms with Crippen LogP contribution >= 0.6 is 23.2 Å². The van der Waals surface area contributed by atoms with E-state index in [-0.39, 0.29) is 4.90 Å². The molecule has 22 heavy (non-hydrogen) atoms. The molecule has 1 heterocycles. The fraction of sp³-hybridized carbons (Fsp3) is 0.0667. The van der Waals surface area contributed by atoms with Crippen molar-refractivity contribution in [3.63, 3.8) is 0 Å². The zero-order chi connectivity index (χ0) is 15.9. The van der Waals surface area contributed by atoms with Gasteiger partial charge in [-0.15, -0.1) is 0 Å². The number of nitrogens with zero attached hydrogens (tertiary/aromatic N) is 1. The quantitative estimate of drug-likeness (QED) is 0.728. The molecule has 3 aromatic rings. The van der Waals surface area contributed by atoms with Gasteiger partial charge in [-0.2, -0.15) is 0 Å². The summed E-state index contributed by atoms with van der Waals surface area (Å²) in [6.45, 7) is 0. The standard InChI is InChI=1S/C15H12Cl2N2O2S/c16-13-4-2-1-3-12(13)15(17)19-8-7-10-9-11(22(18,20)21)5-6-14(10)19/h1-9,15H,(H2,18,20,21). The molecular formula is C15H12Cl2N2O2S. The summed E-state index contributed by atoms with van der Waals surface area (Å²) in [6, 6.07) is 13.8. The van der Waals surface area contributed by atoms with Gasteiger partial charge >= 0.3 is 0 Å². The molecule has 2 N–H and O–H groups in total. The monoisotopic (exact) mass is 354 g/mol. The molecule has 114 valence electrons. The lowest BCUT2D eigenvalue weighted by atomic mass is 10.2. The normalized spacial score (nSPS) is 13.4. The summed E-state index contributed by atoms with van der Waals surface area (Å²) in [5.41, 5.74) is 1.08. The molecule has 0 saturated heterocycles. The Morgan fingerprint density at radius 3 is 2.50 bits per heavy atom. The topological polar surface area (TPSA) is 65.1 Å². The highest BCUT2D eigenvalue weighted by atomic mass is 35.5. The third kappa shape index (κ3) is 2.73. The van der Waals surface area contributed by atoms with Crippen LogP contribution in [0.3, 0.4) is 0 Å². The van der Waals surface area contributed by atoms with E-state index in [0.717, 1.165) is 16.5 Å². The molecule has 1 unspecified atom stereocenters. The molecule has 0 radical (unpaired) electrons. The van der Waals surface area contributed by atoms with E-state index < -0.39 is 15.5 Å². The van der Waals surface area contributed by atoms with E-state index in [1.165, 1.54) is 12.1 Å². The number of rotatable bonds is 3. The molecule has 7 heteroatoms. The highest BCUT2D eigenvalue weighted by molar-refractivity contribution is 7.89. The third-order valence-electron chi connectivity index (χ3n) is 3.43. The Morgan fingerprint density at radius 2 is 1.82 bits per heavy atom. The minimum absolute atomic E-state index is 0.0709. The number of hydrogen-bond donors (Lipinski definition) is 1. The third-order valence-corrected chi connectivity index (χ3v) is 5.13. The molecular weight excluding hydrogens is 343 g/mol. The smallest absolute Gasteiger partial charge is 0.238 e. The van der Waals surface area contributed by atoms with Gasteiger partial charge in [0.15, 0.2) is 0 Å². The van der Waals surface area contributed by atoms with Crippen molar-refractivity contribution in [2.75, 3.05) is 0 Å². The van der Waals surface area contributed by atoms with Crippen molar-refractivity contribution in [1.29, 1.82) is 0 Å². The van der Waals surface area contributed by atoms with Crippen LogP contribution in [0.4, 0.5) is 0 Å². The molecule has 0 spiro atoms. The van der Waals surface area contributed by atoms with Crippen molar-refractivity contribution < 1.29 is 8.42 Å². The number of fused-ring (bicyclic) bond motifs is 1. The molecule has 0 aliphatic carbocycles. The molecule has 0 bridgehead atoms. The first-order valence-corrected chi connectivity index (χ1v) is 8.76. The van der Waals surface area contributed by atoms with Crippen molar-refractivity contribution in [1.82, 2.24) is 4.57 Å². The first-order valence-electron chi connectivity index (χ1n) is 6.40. The summed E-state index contributed by atoms with van der Waals surface area (Å²) in [6.07, 6.45) is 1.79. The van der Waals surface area contributed by atoms with E-state index >= 15 is 0 Å². The van der Waals surface area contributed by atoms with Gasteiger partial charge in [-0.05, 0) is 30.3 Å². The Labute approximate surface area is 138 Å². The lowest BCUT2D eigenvalue weighted by molar-refractivity contribution is 0.598. The number of primary sulfonamides is 1. The maximum atomic E-state index is 11.4. The Kier molecular flexibility index (Phi) is 3.91. The summed E-state index contributed by atoms with van der Waals surface area (Å²) in [7, 11) is -3.73. The molecule has 2 aromatic carbocycles. The minimum Gasteiger partial charge on any atom is -0.326 e. The lowest BCUT2D eigenvalue weighted by Gasteiger charge is -2.15. The molecule has 4 nitrogen and oxygen atoms in total. The summed E-state index contributed by atoms with van der Waals surface area (Å²) < 4.78 is 24.6. The second kappa shape index (κ2) is 5.59. The van der Waals surface area contributed by atoms with Crippen LogP contribution in [-0.2, 0) is 10.0 Å². The first-order chi connectivity index (χ1) is 10.4. The van der Waals surface area contributed by atoms with Crippen molar-refractivity contribution in [2.24, 2.45) is 5.14 Å². The molecule has 3 rings (SSSR count). The minimum atomic E-state index is -3.73. The van der Waals surface area contributed by atoms with E-state index in [4.69, 9.17) is 28.3 Å². The SMILES string of the molecule is NS(=O)(=O)c1ccc2c(ccn2C(Cl)c2ccccc2Cl)c1. The van der Waals surface area contributed by atoms with Gasteiger partial charge in [0.1, 0.15) is 5.50 Å². The molecule has 0 saturated carbocycles. The Balaban J connectivity index is 2.11. The Morgan fingerprint density at radius 1 is 1.09 bits per heavy atom. The highest BCUT2D eigenvalue weighted by Gasteiger charge is 2.16. The number of aromatic nitrogens is 1. The van der Waals surface area contributed by atoms with E-state index in [0.29, 0.717) is 5.02 Å². The van der Waals surface area contributed by atoms with Crippen LogP contribution in [0.5, 0.6) is 0 Å². The van der Waals surface area contributed by atoms with Crippen molar-refractivity contribution >= 4 is 44.1 Å². The van der Waals surface area contributed by atoms with Crippen molar-refractivity contribution in [3.05, 3.63) is 65.3 Å². The van der Waals surface area contributed by atoms with Gasteiger partial charge in [-0.3, -0.25) is 0 Å². The maximum absolute atomic E-state index is 11.4. The van der Waals surface area contributed by atoms with E-state index in [2.05, 4.69) is 0 Å². The molecule has 0 fully saturated rings. The van der Waals surface area contributed by atoms with Crippen LogP contribution in [-0.4, -0.2) is 13.0 Å². The number of nitrogens with two attached hydrogens (primary N) is 1. The van der Waals surface area contributed by atoms with Gasteiger partial charge in [0.05, 0.1) is 4.90 Å².